The molecule has 150 valence electrons. The summed E-state index contributed by atoms with van der Waals surface area (Å²) in [5.74, 6) is 0.0835. The third-order valence-corrected chi connectivity index (χ3v) is 6.38. The number of terminal acetylenes is 1. The van der Waals surface area contributed by atoms with E-state index in [9.17, 15) is 19.5 Å². The number of hydrogen-bond acceptors (Lipinski definition) is 9. The lowest BCUT2D eigenvalue weighted by Gasteiger charge is -2.48. The number of fused-ring (bicyclic) bond motifs is 1. The molecule has 0 aromatic carbocycles. The Kier molecular flexibility index (Phi) is 4.93. The van der Waals surface area contributed by atoms with Gasteiger partial charge in [0.1, 0.15) is 28.9 Å². The second-order valence-corrected chi connectivity index (χ2v) is 8.45. The first-order valence-electron chi connectivity index (χ1n) is 8.54. The number of carbonyl (C=O) groups is 3. The Bertz CT molecular complexity index is 1010. The lowest BCUT2D eigenvalue weighted by Crippen LogP contribution is -2.71. The maximum atomic E-state index is 12.8. The summed E-state index contributed by atoms with van der Waals surface area (Å²) >= 11 is 2.43. The van der Waals surface area contributed by atoms with Crippen molar-refractivity contribution in [1.29, 1.82) is 0 Å². The number of β-lactam (4-membered cyclic amide) rings is 1. The summed E-state index contributed by atoms with van der Waals surface area (Å²) in [6.07, 6.45) is 7.03. The lowest BCUT2D eigenvalue weighted by atomic mass is 10.0. The van der Waals surface area contributed by atoms with E-state index in [0.29, 0.717) is 0 Å². The highest BCUT2D eigenvalue weighted by Crippen LogP contribution is 2.40. The Labute approximate surface area is 173 Å². The van der Waals surface area contributed by atoms with E-state index < -0.39 is 29.2 Å². The van der Waals surface area contributed by atoms with Crippen LogP contribution in [0, 0.1) is 12.3 Å². The molecular formula is C17H15N5O5S2. The molecule has 3 heterocycles. The van der Waals surface area contributed by atoms with E-state index in [1.54, 1.807) is 5.38 Å². The van der Waals surface area contributed by atoms with E-state index in [0.717, 1.165) is 29.1 Å². The van der Waals surface area contributed by atoms with Crippen LogP contribution in [0.25, 0.3) is 0 Å². The number of nitrogens with one attached hydrogen (secondary N) is 1. The maximum Gasteiger partial charge on any atom is 0.353 e. The fourth-order valence-corrected chi connectivity index (χ4v) is 4.68. The Morgan fingerprint density at radius 1 is 1.48 bits per heavy atom. The van der Waals surface area contributed by atoms with Gasteiger partial charge in [0.25, 0.3) is 11.8 Å². The van der Waals surface area contributed by atoms with E-state index in [1.807, 2.05) is 0 Å². The molecule has 0 radical (unpaired) electrons. The van der Waals surface area contributed by atoms with Gasteiger partial charge >= 0.3 is 5.97 Å². The number of amides is 2. The van der Waals surface area contributed by atoms with E-state index in [2.05, 4.69) is 21.4 Å². The number of carboxylic acids is 1. The maximum absolute atomic E-state index is 12.8. The van der Waals surface area contributed by atoms with Gasteiger partial charge in [-0.3, -0.25) is 14.5 Å². The third kappa shape index (κ3) is 3.54. The second-order valence-electron chi connectivity index (χ2n) is 6.45. The summed E-state index contributed by atoms with van der Waals surface area (Å²) in [5.41, 5.74) is 5.81. The van der Waals surface area contributed by atoms with Gasteiger partial charge in [-0.15, -0.1) is 29.5 Å². The van der Waals surface area contributed by atoms with Gasteiger partial charge in [0.05, 0.1) is 0 Å². The molecule has 4 N–H and O–H groups in total. The number of nitrogen functional groups attached to an aromatic ring is 1. The molecule has 3 aliphatic rings. The summed E-state index contributed by atoms with van der Waals surface area (Å²) in [6.45, 7) is 0. The highest BCUT2D eigenvalue weighted by molar-refractivity contribution is 8.00. The summed E-state index contributed by atoms with van der Waals surface area (Å²) in [6, 6.07) is -0.914. The van der Waals surface area contributed by atoms with Crippen LogP contribution in [0.5, 0.6) is 0 Å². The molecule has 1 aliphatic carbocycles. The molecule has 0 spiro atoms. The highest BCUT2D eigenvalue weighted by Gasteiger charge is 2.54. The van der Waals surface area contributed by atoms with E-state index in [-0.39, 0.29) is 39.7 Å². The number of oxime groups is 1. The molecule has 1 saturated heterocycles. The number of thiazole rings is 1. The molecule has 2 fully saturated rings. The SMILES string of the molecule is C#CC1=C(C(=O)O)N2C(=O)[C@@H](NC(=O)C(=NOC3CC3)c3csc(N)n3)[C@@H]2SC1. The molecule has 1 aromatic rings. The van der Waals surface area contributed by atoms with Gasteiger partial charge in [-0.2, -0.15) is 0 Å². The monoisotopic (exact) mass is 433 g/mol. The van der Waals surface area contributed by atoms with Gasteiger partial charge in [0.15, 0.2) is 10.8 Å². The van der Waals surface area contributed by atoms with Gasteiger partial charge in [0.2, 0.25) is 0 Å². The average molecular weight is 433 g/mol. The molecule has 0 bridgehead atoms. The number of aliphatic carboxylic acids is 1. The zero-order chi connectivity index (χ0) is 20.7. The molecule has 0 unspecified atom stereocenters. The van der Waals surface area contributed by atoms with Crippen molar-refractivity contribution in [1.82, 2.24) is 15.2 Å². The van der Waals surface area contributed by atoms with Crippen molar-refractivity contribution in [3.05, 3.63) is 22.3 Å². The first-order valence-corrected chi connectivity index (χ1v) is 10.5. The molecule has 2 atom stereocenters. The van der Waals surface area contributed by atoms with Crippen LogP contribution < -0.4 is 11.1 Å². The molecule has 2 amide bonds. The van der Waals surface area contributed by atoms with E-state index >= 15 is 0 Å². The lowest BCUT2D eigenvalue weighted by molar-refractivity contribution is -0.150. The van der Waals surface area contributed by atoms with Crippen LogP contribution in [-0.4, -0.2) is 61.8 Å². The Hall–Kier alpha value is -3.04. The molecule has 29 heavy (non-hydrogen) atoms. The zero-order valence-electron chi connectivity index (χ0n) is 14.8. The number of hydrogen-bond donors (Lipinski definition) is 3. The van der Waals surface area contributed by atoms with Crippen LogP contribution in [0.4, 0.5) is 5.13 Å². The predicted octanol–water partition coefficient (Wildman–Crippen LogP) is -0.0198. The van der Waals surface area contributed by atoms with Crippen LogP contribution in [0.1, 0.15) is 18.5 Å². The summed E-state index contributed by atoms with van der Waals surface area (Å²) in [7, 11) is 0. The summed E-state index contributed by atoms with van der Waals surface area (Å²) < 4.78 is 0. The van der Waals surface area contributed by atoms with Crippen LogP contribution in [0.15, 0.2) is 21.8 Å². The normalized spacial score (nSPS) is 23.8. The van der Waals surface area contributed by atoms with Gasteiger partial charge in [0, 0.05) is 16.7 Å². The van der Waals surface area contributed by atoms with Gasteiger partial charge in [-0.05, 0) is 12.8 Å². The fourth-order valence-electron chi connectivity index (χ4n) is 2.84. The van der Waals surface area contributed by atoms with Crippen molar-refractivity contribution < 1.29 is 24.3 Å². The van der Waals surface area contributed by atoms with E-state index in [4.69, 9.17) is 17.0 Å². The van der Waals surface area contributed by atoms with Crippen LogP contribution in [-0.2, 0) is 19.2 Å². The van der Waals surface area contributed by atoms with Gasteiger partial charge in [-0.25, -0.2) is 9.78 Å². The molecule has 4 rings (SSSR count). The van der Waals surface area contributed by atoms with Crippen molar-refractivity contribution in [3.63, 3.8) is 0 Å². The minimum Gasteiger partial charge on any atom is -0.477 e. The smallest absolute Gasteiger partial charge is 0.353 e. The van der Waals surface area contributed by atoms with Crippen molar-refractivity contribution in [2.24, 2.45) is 5.16 Å². The number of carboxylic acid groups (broad SMARTS) is 1. The summed E-state index contributed by atoms with van der Waals surface area (Å²) in [5, 5.41) is 17.2. The van der Waals surface area contributed by atoms with Crippen LogP contribution in [0.2, 0.25) is 0 Å². The van der Waals surface area contributed by atoms with Crippen LogP contribution >= 0.6 is 23.1 Å². The fraction of sp³-hybridized carbons (Fsp3) is 0.353. The predicted molar refractivity (Wildman–Crippen MR) is 106 cm³/mol. The summed E-state index contributed by atoms with van der Waals surface area (Å²) in [4.78, 5) is 47.4. The first kappa shape index (κ1) is 19.3. The molecule has 10 nitrogen and oxygen atoms in total. The third-order valence-electron chi connectivity index (χ3n) is 4.43. The number of nitrogens with two attached hydrogens (primary N) is 1. The Balaban J connectivity index is 1.53. The van der Waals surface area contributed by atoms with Crippen molar-refractivity contribution >= 4 is 51.7 Å². The molecule has 2 aliphatic heterocycles. The number of thioether (sulfide) groups is 1. The first-order chi connectivity index (χ1) is 13.9. The van der Waals surface area contributed by atoms with E-state index in [1.165, 1.54) is 11.8 Å². The minimum atomic E-state index is -1.28. The number of anilines is 1. The zero-order valence-corrected chi connectivity index (χ0v) is 16.5. The number of aromatic nitrogens is 1. The Morgan fingerprint density at radius 3 is 2.83 bits per heavy atom. The second kappa shape index (κ2) is 7.41. The molecule has 1 saturated carbocycles. The van der Waals surface area contributed by atoms with Crippen molar-refractivity contribution in [2.75, 3.05) is 11.5 Å². The van der Waals surface area contributed by atoms with Crippen molar-refractivity contribution in [3.8, 4) is 12.3 Å². The average Bonchev–Trinajstić information content (AvgIpc) is 3.43. The van der Waals surface area contributed by atoms with Crippen molar-refractivity contribution in [2.45, 2.75) is 30.4 Å². The van der Waals surface area contributed by atoms with Crippen LogP contribution in [0.3, 0.4) is 0 Å². The van der Waals surface area contributed by atoms with Gasteiger partial charge in [-0.1, -0.05) is 11.1 Å². The van der Waals surface area contributed by atoms with Gasteiger partial charge < -0.3 is 21.0 Å². The topological polar surface area (TPSA) is 147 Å². The number of rotatable bonds is 6. The standard InChI is InChI=1S/C17H15N5O5S2/c1-2-7-5-28-15-11(14(24)22(15)12(7)16(25)26)20-13(23)10(21-27-8-3-4-8)9-6-29-17(18)19-9/h1,6,8,11,15H,3-5H2,(H2,18,19)(H,20,23)(H,25,26)/t11-,15+/m1/s1. The largest absolute Gasteiger partial charge is 0.477 e. The number of carbonyl (C=O) groups excluding carboxylic acids is 2. The highest BCUT2D eigenvalue weighted by atomic mass is 32.2. The Morgan fingerprint density at radius 2 is 2.24 bits per heavy atom. The molecule has 12 heteroatoms. The minimum absolute atomic E-state index is 0.0334. The number of nitrogens with zero attached hydrogens (tertiary/aromatic N) is 3. The quantitative estimate of drug-likeness (QED) is 0.245. The molecule has 1 aromatic heterocycles. The molecular weight excluding hydrogens is 418 g/mol.